The van der Waals surface area contributed by atoms with Crippen molar-refractivity contribution in [3.8, 4) is 0 Å². The molecule has 1 atom stereocenters. The van der Waals surface area contributed by atoms with Gasteiger partial charge >= 0.3 is 0 Å². The molecule has 2 N–H and O–H groups in total. The maximum Gasteiger partial charge on any atom is 0.243 e. The van der Waals surface area contributed by atoms with Gasteiger partial charge in [0.05, 0.1) is 4.90 Å². The van der Waals surface area contributed by atoms with Gasteiger partial charge in [0.25, 0.3) is 0 Å². The molecule has 1 aliphatic heterocycles. The third-order valence-corrected chi connectivity index (χ3v) is 5.44. The van der Waals surface area contributed by atoms with Gasteiger partial charge in [0.2, 0.25) is 10.0 Å². The van der Waals surface area contributed by atoms with Gasteiger partial charge in [0.15, 0.2) is 0 Å². The number of benzene rings is 1. The lowest BCUT2D eigenvalue weighted by Gasteiger charge is -2.30. The molecule has 108 valence electrons. The van der Waals surface area contributed by atoms with Crippen LogP contribution >= 0.6 is 24.0 Å². The van der Waals surface area contributed by atoms with Gasteiger partial charge in [-0.05, 0) is 43.5 Å². The van der Waals surface area contributed by atoms with E-state index in [1.807, 2.05) is 0 Å². The molecule has 2 rings (SSSR count). The summed E-state index contributed by atoms with van der Waals surface area (Å²) in [6.45, 7) is 2.69. The molecule has 0 aliphatic carbocycles. The summed E-state index contributed by atoms with van der Waals surface area (Å²) in [7, 11) is -3.45. The Morgan fingerprint density at radius 1 is 1.42 bits per heavy atom. The van der Waals surface area contributed by atoms with Crippen molar-refractivity contribution < 1.29 is 8.42 Å². The minimum absolute atomic E-state index is 0. The zero-order valence-corrected chi connectivity index (χ0v) is 13.1. The van der Waals surface area contributed by atoms with Crippen molar-refractivity contribution in [2.75, 3.05) is 13.1 Å². The van der Waals surface area contributed by atoms with E-state index in [4.69, 9.17) is 17.3 Å². The van der Waals surface area contributed by atoms with Crippen LogP contribution in [0.25, 0.3) is 0 Å². The molecule has 0 saturated carbocycles. The zero-order valence-electron chi connectivity index (χ0n) is 10.7. The second kappa shape index (κ2) is 6.41. The van der Waals surface area contributed by atoms with E-state index in [-0.39, 0.29) is 18.4 Å². The molecule has 1 unspecified atom stereocenters. The number of hydrogen-bond donors (Lipinski definition) is 1. The van der Waals surface area contributed by atoms with Crippen molar-refractivity contribution in [1.82, 2.24) is 4.31 Å². The van der Waals surface area contributed by atoms with Crippen LogP contribution in [0.2, 0.25) is 5.02 Å². The quantitative estimate of drug-likeness (QED) is 0.906. The van der Waals surface area contributed by atoms with Crippen molar-refractivity contribution >= 4 is 34.0 Å². The van der Waals surface area contributed by atoms with Crippen LogP contribution in [0.15, 0.2) is 23.1 Å². The number of rotatable bonds is 2. The molecular formula is C12H18Cl2N2O2S. The Morgan fingerprint density at radius 2 is 2.11 bits per heavy atom. The SMILES string of the molecule is Cc1cc(Cl)ccc1S(=O)(=O)N1CCCC(N)C1.Cl. The molecule has 7 heteroatoms. The van der Waals surface area contributed by atoms with Crippen LogP contribution in [-0.2, 0) is 10.0 Å². The summed E-state index contributed by atoms with van der Waals surface area (Å²) >= 11 is 5.85. The Bertz CT molecular complexity index is 549. The van der Waals surface area contributed by atoms with E-state index >= 15 is 0 Å². The standard InChI is InChI=1S/C12H17ClN2O2S.ClH/c1-9-7-10(13)4-5-12(9)18(16,17)15-6-2-3-11(14)8-15;/h4-5,7,11H,2-3,6,8,14H2,1H3;1H. The van der Waals surface area contributed by atoms with Gasteiger partial charge in [-0.1, -0.05) is 11.6 Å². The summed E-state index contributed by atoms with van der Waals surface area (Å²) < 4.78 is 26.5. The summed E-state index contributed by atoms with van der Waals surface area (Å²) in [5.74, 6) is 0. The minimum Gasteiger partial charge on any atom is -0.327 e. The predicted molar refractivity (Wildman–Crippen MR) is 79.4 cm³/mol. The number of nitrogens with two attached hydrogens (primary N) is 1. The Labute approximate surface area is 125 Å². The third kappa shape index (κ3) is 3.61. The van der Waals surface area contributed by atoms with Crippen molar-refractivity contribution in [3.05, 3.63) is 28.8 Å². The largest absolute Gasteiger partial charge is 0.327 e. The number of sulfonamides is 1. The molecule has 1 fully saturated rings. The Hall–Kier alpha value is -0.330. The fourth-order valence-electron chi connectivity index (χ4n) is 2.23. The van der Waals surface area contributed by atoms with E-state index in [1.165, 1.54) is 4.31 Å². The van der Waals surface area contributed by atoms with Crippen molar-refractivity contribution in [2.24, 2.45) is 5.73 Å². The van der Waals surface area contributed by atoms with E-state index < -0.39 is 10.0 Å². The fraction of sp³-hybridized carbons (Fsp3) is 0.500. The number of nitrogens with zero attached hydrogens (tertiary/aromatic N) is 1. The van der Waals surface area contributed by atoms with Crippen LogP contribution in [0.5, 0.6) is 0 Å². The predicted octanol–water partition coefficient (Wildman–Crippen LogP) is 2.18. The average molecular weight is 325 g/mol. The summed E-state index contributed by atoms with van der Waals surface area (Å²) in [6, 6.07) is 4.76. The van der Waals surface area contributed by atoms with Crippen LogP contribution in [0.3, 0.4) is 0 Å². The molecule has 1 saturated heterocycles. The third-order valence-electron chi connectivity index (χ3n) is 3.18. The molecule has 0 aromatic heterocycles. The minimum atomic E-state index is -3.45. The first kappa shape index (κ1) is 16.7. The van der Waals surface area contributed by atoms with Crippen LogP contribution in [0.1, 0.15) is 18.4 Å². The van der Waals surface area contributed by atoms with Gasteiger partial charge in [-0.25, -0.2) is 8.42 Å². The highest BCUT2D eigenvalue weighted by Gasteiger charge is 2.29. The molecule has 4 nitrogen and oxygen atoms in total. The summed E-state index contributed by atoms with van der Waals surface area (Å²) in [4.78, 5) is 0.320. The number of aryl methyl sites for hydroxylation is 1. The van der Waals surface area contributed by atoms with Crippen LogP contribution in [0, 0.1) is 6.92 Å². The first-order chi connectivity index (χ1) is 8.41. The first-order valence-corrected chi connectivity index (χ1v) is 7.75. The molecule has 1 aromatic rings. The highest BCUT2D eigenvalue weighted by molar-refractivity contribution is 7.89. The first-order valence-electron chi connectivity index (χ1n) is 5.93. The second-order valence-corrected chi connectivity index (χ2v) is 7.02. The highest BCUT2D eigenvalue weighted by atomic mass is 35.5. The molecule has 19 heavy (non-hydrogen) atoms. The molecule has 1 heterocycles. The number of hydrogen-bond acceptors (Lipinski definition) is 3. The lowest BCUT2D eigenvalue weighted by Crippen LogP contribution is -2.45. The molecule has 0 radical (unpaired) electrons. The monoisotopic (exact) mass is 324 g/mol. The van der Waals surface area contributed by atoms with E-state index in [2.05, 4.69) is 0 Å². The van der Waals surface area contributed by atoms with E-state index in [0.29, 0.717) is 28.6 Å². The fourth-order valence-corrected chi connectivity index (χ4v) is 4.20. The van der Waals surface area contributed by atoms with Crippen molar-refractivity contribution in [2.45, 2.75) is 30.7 Å². The smallest absolute Gasteiger partial charge is 0.243 e. The Morgan fingerprint density at radius 3 is 2.68 bits per heavy atom. The lowest BCUT2D eigenvalue weighted by molar-refractivity contribution is 0.316. The lowest BCUT2D eigenvalue weighted by atomic mass is 10.1. The molecule has 1 aliphatic rings. The van der Waals surface area contributed by atoms with E-state index in [9.17, 15) is 8.42 Å². The van der Waals surface area contributed by atoms with Crippen molar-refractivity contribution in [3.63, 3.8) is 0 Å². The maximum atomic E-state index is 12.5. The van der Waals surface area contributed by atoms with Crippen LogP contribution < -0.4 is 5.73 Å². The van der Waals surface area contributed by atoms with Crippen molar-refractivity contribution in [1.29, 1.82) is 0 Å². The van der Waals surface area contributed by atoms with Crippen LogP contribution in [-0.4, -0.2) is 31.9 Å². The number of piperidine rings is 1. The average Bonchev–Trinajstić information content (AvgIpc) is 2.28. The van der Waals surface area contributed by atoms with E-state index in [1.54, 1.807) is 25.1 Å². The molecule has 0 bridgehead atoms. The topological polar surface area (TPSA) is 63.4 Å². The maximum absolute atomic E-state index is 12.5. The van der Waals surface area contributed by atoms with Gasteiger partial charge in [-0.2, -0.15) is 4.31 Å². The van der Waals surface area contributed by atoms with E-state index in [0.717, 1.165) is 12.8 Å². The summed E-state index contributed by atoms with van der Waals surface area (Å²) in [5, 5.41) is 0.543. The molecule has 1 aromatic carbocycles. The summed E-state index contributed by atoms with van der Waals surface area (Å²) in [5.41, 5.74) is 6.50. The second-order valence-electron chi connectivity index (χ2n) is 4.68. The number of halogens is 2. The Kier molecular flexibility index (Phi) is 5.65. The van der Waals surface area contributed by atoms with Gasteiger partial charge in [0, 0.05) is 24.2 Å². The molecule has 0 spiro atoms. The van der Waals surface area contributed by atoms with Gasteiger partial charge in [-0.15, -0.1) is 12.4 Å². The summed E-state index contributed by atoms with van der Waals surface area (Å²) in [6.07, 6.45) is 1.69. The Balaban J connectivity index is 0.00000180. The van der Waals surface area contributed by atoms with Gasteiger partial charge in [-0.3, -0.25) is 0 Å². The zero-order chi connectivity index (χ0) is 13.3. The van der Waals surface area contributed by atoms with Crippen LogP contribution in [0.4, 0.5) is 0 Å². The highest BCUT2D eigenvalue weighted by Crippen LogP contribution is 2.25. The molecular weight excluding hydrogens is 307 g/mol. The molecule has 0 amide bonds. The van der Waals surface area contributed by atoms with Gasteiger partial charge < -0.3 is 5.73 Å². The normalized spacial score (nSPS) is 20.9. The van der Waals surface area contributed by atoms with Gasteiger partial charge in [0.1, 0.15) is 0 Å².